The molecule has 0 radical (unpaired) electrons. The van der Waals surface area contributed by atoms with Crippen LogP contribution in [0.5, 0.6) is 5.75 Å². The summed E-state index contributed by atoms with van der Waals surface area (Å²) in [6, 6.07) is 13.6. The lowest BCUT2D eigenvalue weighted by Crippen LogP contribution is -3.00. The molecular weight excluding hydrogens is 384 g/mol. The van der Waals surface area contributed by atoms with E-state index in [0.717, 1.165) is 5.69 Å². The Morgan fingerprint density at radius 3 is 2.57 bits per heavy atom. The Hall–Kier alpha value is -3.33. The van der Waals surface area contributed by atoms with Crippen LogP contribution in [0.1, 0.15) is 19.4 Å². The highest BCUT2D eigenvalue weighted by atomic mass is 35.5. The SMILES string of the molecule is CC1(C)N=C(N)N=C(N)N1c1cccc(OCc2cccc([N+](=O)[O-])c2)c1.[Cl-]. The monoisotopic (exact) mass is 403 g/mol. The highest BCUT2D eigenvalue weighted by Crippen LogP contribution is 2.30. The highest BCUT2D eigenvalue weighted by Gasteiger charge is 2.33. The van der Waals surface area contributed by atoms with Gasteiger partial charge in [-0.3, -0.25) is 15.0 Å². The predicted molar refractivity (Wildman–Crippen MR) is 104 cm³/mol. The molecule has 0 fully saturated rings. The molecule has 1 aliphatic rings. The van der Waals surface area contributed by atoms with Gasteiger partial charge in [0.2, 0.25) is 11.9 Å². The number of guanidine groups is 2. The summed E-state index contributed by atoms with van der Waals surface area (Å²) in [4.78, 5) is 20.5. The standard InChI is InChI=1S/C18H20N6O3.ClH/c1-18(2)22-16(19)21-17(20)23(18)13-6-4-8-15(10-13)27-11-12-5-3-7-14(9-12)24(25)26;/h3-10H,11H2,1-2H3,(H4,19,20,21,22);1H/p-1. The van der Waals surface area contributed by atoms with E-state index in [-0.39, 0.29) is 36.6 Å². The van der Waals surface area contributed by atoms with Gasteiger partial charge in [-0.15, -0.1) is 0 Å². The summed E-state index contributed by atoms with van der Waals surface area (Å²) in [5.41, 5.74) is 12.5. The molecule has 4 N–H and O–H groups in total. The Morgan fingerprint density at radius 2 is 1.89 bits per heavy atom. The van der Waals surface area contributed by atoms with E-state index < -0.39 is 10.6 Å². The van der Waals surface area contributed by atoms with Gasteiger partial charge in [0.1, 0.15) is 18.0 Å². The fourth-order valence-electron chi connectivity index (χ4n) is 2.89. The zero-order valence-corrected chi connectivity index (χ0v) is 16.1. The van der Waals surface area contributed by atoms with Crippen LogP contribution < -0.4 is 33.5 Å². The lowest BCUT2D eigenvalue weighted by molar-refractivity contribution is -0.384. The smallest absolute Gasteiger partial charge is 0.269 e. The summed E-state index contributed by atoms with van der Waals surface area (Å²) in [7, 11) is 0. The molecule has 0 amide bonds. The van der Waals surface area contributed by atoms with Crippen molar-refractivity contribution in [1.29, 1.82) is 0 Å². The Labute approximate surface area is 168 Å². The van der Waals surface area contributed by atoms with Crippen molar-refractivity contribution in [2.75, 3.05) is 4.90 Å². The van der Waals surface area contributed by atoms with E-state index in [9.17, 15) is 10.1 Å². The molecule has 0 atom stereocenters. The van der Waals surface area contributed by atoms with Crippen LogP contribution in [-0.4, -0.2) is 22.5 Å². The molecule has 3 rings (SSSR count). The number of non-ortho nitro benzene ring substituents is 1. The van der Waals surface area contributed by atoms with E-state index in [0.29, 0.717) is 11.3 Å². The van der Waals surface area contributed by atoms with Crippen LogP contribution in [0.15, 0.2) is 58.5 Å². The third kappa shape index (κ3) is 4.49. The molecule has 0 bridgehead atoms. The van der Waals surface area contributed by atoms with Crippen molar-refractivity contribution < 1.29 is 22.1 Å². The molecular formula is C18H20ClN6O3-. The predicted octanol–water partition coefficient (Wildman–Crippen LogP) is -0.637. The fourth-order valence-corrected chi connectivity index (χ4v) is 2.89. The average molecular weight is 404 g/mol. The first-order valence-electron chi connectivity index (χ1n) is 8.22. The maximum atomic E-state index is 10.9. The first-order chi connectivity index (χ1) is 12.8. The number of halogens is 1. The molecule has 1 heterocycles. The Morgan fingerprint density at radius 1 is 1.18 bits per heavy atom. The van der Waals surface area contributed by atoms with Gasteiger partial charge < -0.3 is 28.6 Å². The Kier molecular flexibility index (Phi) is 6.09. The summed E-state index contributed by atoms with van der Waals surface area (Å²) in [6.07, 6.45) is 0. The molecule has 0 aliphatic carbocycles. The van der Waals surface area contributed by atoms with Gasteiger partial charge in [-0.25, -0.2) is 4.99 Å². The van der Waals surface area contributed by atoms with E-state index in [1.165, 1.54) is 12.1 Å². The van der Waals surface area contributed by atoms with Crippen LogP contribution in [0.3, 0.4) is 0 Å². The average Bonchev–Trinajstić information content (AvgIpc) is 2.59. The van der Waals surface area contributed by atoms with E-state index in [2.05, 4.69) is 9.98 Å². The van der Waals surface area contributed by atoms with Gasteiger partial charge in [0.05, 0.1) is 4.92 Å². The van der Waals surface area contributed by atoms with Crippen molar-refractivity contribution >= 4 is 23.3 Å². The van der Waals surface area contributed by atoms with Crippen LogP contribution in [0, 0.1) is 10.1 Å². The number of hydrogen-bond donors (Lipinski definition) is 2. The number of nitrogens with zero attached hydrogens (tertiary/aromatic N) is 4. The number of nitrogens with two attached hydrogens (primary N) is 2. The maximum absolute atomic E-state index is 10.9. The van der Waals surface area contributed by atoms with Crippen molar-refractivity contribution in [1.82, 2.24) is 0 Å². The molecule has 10 heteroatoms. The van der Waals surface area contributed by atoms with E-state index in [4.69, 9.17) is 16.2 Å². The van der Waals surface area contributed by atoms with Gasteiger partial charge in [0.15, 0.2) is 0 Å². The summed E-state index contributed by atoms with van der Waals surface area (Å²) in [5, 5.41) is 10.9. The largest absolute Gasteiger partial charge is 1.00 e. The number of benzene rings is 2. The zero-order valence-electron chi connectivity index (χ0n) is 15.4. The van der Waals surface area contributed by atoms with Crippen LogP contribution >= 0.6 is 0 Å². The molecule has 28 heavy (non-hydrogen) atoms. The molecule has 9 nitrogen and oxygen atoms in total. The maximum Gasteiger partial charge on any atom is 0.269 e. The second kappa shape index (κ2) is 8.13. The molecule has 0 aromatic heterocycles. The van der Waals surface area contributed by atoms with Crippen LogP contribution in [0.4, 0.5) is 11.4 Å². The van der Waals surface area contributed by atoms with Gasteiger partial charge in [0.25, 0.3) is 5.69 Å². The van der Waals surface area contributed by atoms with Crippen LogP contribution in [0.25, 0.3) is 0 Å². The Bertz CT molecular complexity index is 944. The van der Waals surface area contributed by atoms with E-state index in [1.54, 1.807) is 29.2 Å². The highest BCUT2D eigenvalue weighted by molar-refractivity contribution is 6.05. The van der Waals surface area contributed by atoms with Crippen LogP contribution in [0.2, 0.25) is 0 Å². The first-order valence-corrected chi connectivity index (χ1v) is 8.22. The normalized spacial score (nSPS) is 15.1. The van der Waals surface area contributed by atoms with Crippen molar-refractivity contribution in [3.05, 3.63) is 64.2 Å². The van der Waals surface area contributed by atoms with Crippen molar-refractivity contribution in [3.8, 4) is 5.75 Å². The fraction of sp³-hybridized carbons (Fsp3) is 0.222. The summed E-state index contributed by atoms with van der Waals surface area (Å²) in [5.74, 6) is 0.959. The number of rotatable bonds is 5. The van der Waals surface area contributed by atoms with Gasteiger partial charge in [-0.1, -0.05) is 18.2 Å². The topological polar surface area (TPSA) is 132 Å². The Balaban J connectivity index is 0.00000280. The van der Waals surface area contributed by atoms with Gasteiger partial charge in [0, 0.05) is 23.9 Å². The van der Waals surface area contributed by atoms with Gasteiger partial charge in [-0.05, 0) is 31.5 Å². The molecule has 1 aliphatic heterocycles. The minimum Gasteiger partial charge on any atom is -1.00 e. The third-order valence-corrected chi connectivity index (χ3v) is 4.00. The molecule has 2 aromatic rings. The second-order valence-corrected chi connectivity index (χ2v) is 6.48. The summed E-state index contributed by atoms with van der Waals surface area (Å²) < 4.78 is 5.79. The third-order valence-electron chi connectivity index (χ3n) is 4.00. The number of nitro benzene ring substituents is 1. The van der Waals surface area contributed by atoms with E-state index >= 15 is 0 Å². The van der Waals surface area contributed by atoms with Crippen molar-refractivity contribution in [2.45, 2.75) is 26.1 Å². The van der Waals surface area contributed by atoms with E-state index in [1.807, 2.05) is 26.0 Å². The van der Waals surface area contributed by atoms with Crippen LogP contribution in [-0.2, 0) is 6.61 Å². The number of hydrogen-bond acceptors (Lipinski definition) is 8. The number of ether oxygens (including phenoxy) is 1. The molecule has 2 aromatic carbocycles. The number of aliphatic imine (C=N–C) groups is 2. The zero-order chi connectivity index (χ0) is 19.6. The lowest BCUT2D eigenvalue weighted by Gasteiger charge is -2.38. The minimum atomic E-state index is -0.700. The summed E-state index contributed by atoms with van der Waals surface area (Å²) >= 11 is 0. The molecule has 0 saturated carbocycles. The number of nitro groups is 1. The second-order valence-electron chi connectivity index (χ2n) is 6.48. The molecule has 0 spiro atoms. The van der Waals surface area contributed by atoms with Gasteiger partial charge >= 0.3 is 0 Å². The van der Waals surface area contributed by atoms with Gasteiger partial charge in [-0.2, -0.15) is 4.99 Å². The quantitative estimate of drug-likeness (QED) is 0.504. The molecule has 0 saturated heterocycles. The van der Waals surface area contributed by atoms with Crippen molar-refractivity contribution in [2.24, 2.45) is 21.5 Å². The summed E-state index contributed by atoms with van der Waals surface area (Å²) in [6.45, 7) is 3.94. The molecule has 148 valence electrons. The molecule has 0 unspecified atom stereocenters. The lowest BCUT2D eigenvalue weighted by atomic mass is 10.1. The first kappa shape index (κ1) is 21.0. The van der Waals surface area contributed by atoms with Crippen molar-refractivity contribution in [3.63, 3.8) is 0 Å². The number of anilines is 1. The minimum absolute atomic E-state index is 0.